The van der Waals surface area contributed by atoms with Crippen LogP contribution in [0, 0.1) is 11.9 Å². The third-order valence-corrected chi connectivity index (χ3v) is 4.46. The van der Waals surface area contributed by atoms with E-state index in [-0.39, 0.29) is 35.6 Å². The quantitative estimate of drug-likeness (QED) is 0.606. The highest BCUT2D eigenvalue weighted by Gasteiger charge is 2.45. The number of rotatable bonds is 2. The van der Waals surface area contributed by atoms with Crippen LogP contribution in [0.1, 0.15) is 44.1 Å². The number of nitrogens with zero attached hydrogens (tertiary/aromatic N) is 2. The molecule has 25 heavy (non-hydrogen) atoms. The fraction of sp³-hybridized carbons (Fsp3) is 0.611. The number of halogens is 1. The monoisotopic (exact) mass is 350 g/mol. The highest BCUT2D eigenvalue weighted by molar-refractivity contribution is 5.96. The van der Waals surface area contributed by atoms with Gasteiger partial charge < -0.3 is 9.47 Å². The van der Waals surface area contributed by atoms with Gasteiger partial charge in [0, 0.05) is 5.92 Å². The predicted molar refractivity (Wildman–Crippen MR) is 87.7 cm³/mol. The number of hydrogen-bond acceptors (Lipinski definition) is 5. The number of carbonyl (C=O) groups is 2. The number of pyridine rings is 1. The second-order valence-electron chi connectivity index (χ2n) is 7.61. The van der Waals surface area contributed by atoms with E-state index in [4.69, 9.17) is 9.47 Å². The molecule has 0 aromatic carbocycles. The van der Waals surface area contributed by atoms with Crippen molar-refractivity contribution in [3.63, 3.8) is 0 Å². The van der Waals surface area contributed by atoms with Gasteiger partial charge in [-0.3, -0.25) is 9.69 Å². The van der Waals surface area contributed by atoms with Gasteiger partial charge in [0.2, 0.25) is 5.95 Å². The summed E-state index contributed by atoms with van der Waals surface area (Å²) in [6, 6.07) is 3.78. The molecule has 6 nitrogen and oxygen atoms in total. The van der Waals surface area contributed by atoms with Crippen molar-refractivity contribution in [2.75, 3.05) is 13.2 Å². The SMILES string of the molecule is CC(C)(C)OC(=O)N1C2COCC1CC(C(=O)c1cccc(F)n1)C2. The molecule has 0 aliphatic carbocycles. The van der Waals surface area contributed by atoms with E-state index in [1.807, 2.05) is 20.8 Å². The maximum Gasteiger partial charge on any atom is 0.410 e. The number of piperidine rings is 1. The van der Waals surface area contributed by atoms with E-state index in [2.05, 4.69) is 4.98 Å². The second kappa shape index (κ2) is 6.71. The largest absolute Gasteiger partial charge is 0.444 e. The Morgan fingerprint density at radius 1 is 1.24 bits per heavy atom. The summed E-state index contributed by atoms with van der Waals surface area (Å²) in [4.78, 5) is 30.6. The van der Waals surface area contributed by atoms with Crippen LogP contribution in [0.3, 0.4) is 0 Å². The van der Waals surface area contributed by atoms with Crippen molar-refractivity contribution in [3.8, 4) is 0 Å². The fourth-order valence-electron chi connectivity index (χ4n) is 3.50. The zero-order chi connectivity index (χ0) is 18.2. The summed E-state index contributed by atoms with van der Waals surface area (Å²) in [5, 5.41) is 0. The molecule has 7 heteroatoms. The Morgan fingerprint density at radius 2 is 1.88 bits per heavy atom. The minimum atomic E-state index is -0.666. The molecular formula is C18H23FN2O4. The highest BCUT2D eigenvalue weighted by Crippen LogP contribution is 2.34. The lowest BCUT2D eigenvalue weighted by Gasteiger charge is -2.47. The maximum atomic E-state index is 13.3. The van der Waals surface area contributed by atoms with E-state index < -0.39 is 11.5 Å². The number of ether oxygens (including phenoxy) is 2. The molecule has 2 atom stereocenters. The van der Waals surface area contributed by atoms with Crippen LogP contribution in [0.2, 0.25) is 0 Å². The first kappa shape index (κ1) is 17.8. The number of amides is 1. The molecule has 1 amide bonds. The summed E-state index contributed by atoms with van der Waals surface area (Å²) in [6.07, 6.45) is 0.556. The molecule has 3 rings (SSSR count). The van der Waals surface area contributed by atoms with Crippen molar-refractivity contribution >= 4 is 11.9 Å². The molecule has 1 aromatic heterocycles. The van der Waals surface area contributed by atoms with Gasteiger partial charge in [-0.25, -0.2) is 9.78 Å². The number of fused-ring (bicyclic) bond motifs is 2. The third kappa shape index (κ3) is 3.98. The number of carbonyl (C=O) groups excluding carboxylic acids is 2. The van der Waals surface area contributed by atoms with Crippen LogP contribution >= 0.6 is 0 Å². The maximum absolute atomic E-state index is 13.3. The van der Waals surface area contributed by atoms with E-state index >= 15 is 0 Å². The van der Waals surface area contributed by atoms with Crippen LogP contribution in [0.5, 0.6) is 0 Å². The summed E-state index contributed by atoms with van der Waals surface area (Å²) >= 11 is 0. The van der Waals surface area contributed by atoms with Crippen molar-refractivity contribution in [3.05, 3.63) is 29.8 Å². The van der Waals surface area contributed by atoms with Crippen molar-refractivity contribution in [2.24, 2.45) is 5.92 Å². The van der Waals surface area contributed by atoms with Gasteiger partial charge in [0.05, 0.1) is 25.3 Å². The van der Waals surface area contributed by atoms with Crippen LogP contribution in [0.25, 0.3) is 0 Å². The van der Waals surface area contributed by atoms with Crippen LogP contribution in [-0.4, -0.2) is 52.7 Å². The van der Waals surface area contributed by atoms with Crippen LogP contribution in [0.4, 0.5) is 9.18 Å². The molecule has 2 aliphatic rings. The molecule has 3 heterocycles. The lowest BCUT2D eigenvalue weighted by Crippen LogP contribution is -2.60. The number of hydrogen-bond donors (Lipinski definition) is 0. The molecular weight excluding hydrogens is 327 g/mol. The van der Waals surface area contributed by atoms with Crippen LogP contribution in [0.15, 0.2) is 18.2 Å². The molecule has 0 radical (unpaired) electrons. The minimum Gasteiger partial charge on any atom is -0.444 e. The second-order valence-corrected chi connectivity index (χ2v) is 7.61. The fourth-order valence-corrected chi connectivity index (χ4v) is 3.50. The summed E-state index contributed by atoms with van der Waals surface area (Å²) < 4.78 is 24.4. The Balaban J connectivity index is 1.75. The van der Waals surface area contributed by atoms with E-state index in [1.165, 1.54) is 18.2 Å². The van der Waals surface area contributed by atoms with Gasteiger partial charge in [-0.2, -0.15) is 4.39 Å². The molecule has 0 spiro atoms. The average molecular weight is 350 g/mol. The third-order valence-electron chi connectivity index (χ3n) is 4.46. The minimum absolute atomic E-state index is 0.134. The Morgan fingerprint density at radius 3 is 2.44 bits per heavy atom. The number of morpholine rings is 1. The normalized spacial score (nSPS) is 26.2. The van der Waals surface area contributed by atoms with E-state index in [9.17, 15) is 14.0 Å². The van der Waals surface area contributed by atoms with Gasteiger partial charge >= 0.3 is 6.09 Å². The van der Waals surface area contributed by atoms with Gasteiger partial charge in [0.15, 0.2) is 5.78 Å². The molecule has 1 aromatic rings. The summed E-state index contributed by atoms with van der Waals surface area (Å²) in [5.74, 6) is -1.15. The van der Waals surface area contributed by atoms with Gasteiger partial charge in [-0.15, -0.1) is 0 Å². The number of ketones is 1. The Labute approximate surface area is 146 Å². The standard InChI is InChI=1S/C18H23FN2O4/c1-18(2,3)25-17(23)21-12-7-11(8-13(21)10-24-9-12)16(22)14-5-4-6-15(19)20-14/h4-6,11-13H,7-10H2,1-3H3. The molecule has 2 bridgehead atoms. The van der Waals surface area contributed by atoms with Crippen molar-refractivity contribution in [1.82, 2.24) is 9.88 Å². The summed E-state index contributed by atoms with van der Waals surface area (Å²) in [7, 11) is 0. The van der Waals surface area contributed by atoms with Crippen LogP contribution < -0.4 is 0 Å². The molecule has 2 unspecified atom stereocenters. The zero-order valence-corrected chi connectivity index (χ0v) is 14.7. The lowest BCUT2D eigenvalue weighted by molar-refractivity contribution is -0.0861. The smallest absolute Gasteiger partial charge is 0.410 e. The molecule has 0 saturated carbocycles. The average Bonchev–Trinajstić information content (AvgIpc) is 2.51. The number of aromatic nitrogens is 1. The van der Waals surface area contributed by atoms with E-state index in [1.54, 1.807) is 4.90 Å². The van der Waals surface area contributed by atoms with E-state index in [0.29, 0.717) is 26.1 Å². The van der Waals surface area contributed by atoms with Gasteiger partial charge in [-0.05, 0) is 45.7 Å². The molecule has 0 N–H and O–H groups in total. The van der Waals surface area contributed by atoms with Crippen LogP contribution in [-0.2, 0) is 9.47 Å². The summed E-state index contributed by atoms with van der Waals surface area (Å²) in [5.41, 5.74) is -0.445. The molecule has 2 fully saturated rings. The Bertz CT molecular complexity index is 659. The van der Waals surface area contributed by atoms with Crippen molar-refractivity contribution in [1.29, 1.82) is 0 Å². The summed E-state index contributed by atoms with van der Waals surface area (Å²) in [6.45, 7) is 6.21. The highest BCUT2D eigenvalue weighted by atomic mass is 19.1. The van der Waals surface area contributed by atoms with Crippen molar-refractivity contribution in [2.45, 2.75) is 51.3 Å². The molecule has 2 aliphatic heterocycles. The van der Waals surface area contributed by atoms with Gasteiger partial charge in [0.25, 0.3) is 0 Å². The first-order valence-electron chi connectivity index (χ1n) is 8.50. The van der Waals surface area contributed by atoms with E-state index in [0.717, 1.165) is 0 Å². The predicted octanol–water partition coefficient (Wildman–Crippen LogP) is 2.82. The first-order chi connectivity index (χ1) is 11.7. The molecule has 136 valence electrons. The van der Waals surface area contributed by atoms with Crippen molar-refractivity contribution < 1.29 is 23.5 Å². The Kier molecular flexibility index (Phi) is 4.77. The zero-order valence-electron chi connectivity index (χ0n) is 14.7. The van der Waals surface area contributed by atoms with Gasteiger partial charge in [-0.1, -0.05) is 6.07 Å². The lowest BCUT2D eigenvalue weighted by atomic mass is 9.82. The number of Topliss-reactive ketones (excluding diaryl/α,β-unsaturated/α-hetero) is 1. The Hall–Kier alpha value is -2.02. The van der Waals surface area contributed by atoms with Gasteiger partial charge in [0.1, 0.15) is 11.3 Å². The molecule has 2 saturated heterocycles. The first-order valence-corrected chi connectivity index (χ1v) is 8.50. The topological polar surface area (TPSA) is 68.7 Å².